The number of pyridine rings is 2. The largest absolute Gasteiger partial charge is 0.390 e. The number of aryl methyl sites for hydroxylation is 1. The minimum Gasteiger partial charge on any atom is -0.390 e. The molecule has 0 saturated carbocycles. The summed E-state index contributed by atoms with van der Waals surface area (Å²) in [4.78, 5) is 28.2. The molecule has 3 N–H and O–H groups in total. The molecule has 1 aromatic carbocycles. The minimum absolute atomic E-state index is 0.244. The second-order valence-electron chi connectivity index (χ2n) is 7.98. The minimum atomic E-state index is -0.863. The van der Waals surface area contributed by atoms with Crippen LogP contribution in [0.2, 0.25) is 0 Å². The zero-order valence-corrected chi connectivity index (χ0v) is 18.6. The molecule has 2 aliphatic rings. The van der Waals surface area contributed by atoms with Crippen molar-refractivity contribution in [2.75, 3.05) is 7.05 Å². The Labute approximate surface area is 195 Å². The average molecular weight is 459 g/mol. The number of hydrogen-bond acceptors (Lipinski definition) is 7. The monoisotopic (exact) mass is 459 g/mol. The van der Waals surface area contributed by atoms with E-state index in [1.165, 1.54) is 27.2 Å². The third-order valence-electron chi connectivity index (χ3n) is 5.73. The topological polar surface area (TPSA) is 111 Å². The maximum atomic E-state index is 13.6. The number of aromatic nitrogens is 2. The van der Waals surface area contributed by atoms with Crippen molar-refractivity contribution in [2.45, 2.75) is 19.7 Å². The number of nitrogens with zero attached hydrogens (tertiary/aromatic N) is 6. The van der Waals surface area contributed by atoms with Gasteiger partial charge >= 0.3 is 6.03 Å². The molecule has 0 radical (unpaired) electrons. The Morgan fingerprint density at radius 1 is 1.12 bits per heavy atom. The fourth-order valence-electron chi connectivity index (χ4n) is 4.18. The second-order valence-corrected chi connectivity index (χ2v) is 7.98. The fraction of sp³-hybridized carbons (Fsp3) is 0.167. The molecular formula is C24H22FN7O2. The smallest absolute Gasteiger partial charge is 0.347 e. The summed E-state index contributed by atoms with van der Waals surface area (Å²) in [6, 6.07) is 15.5. The molecule has 1 fully saturated rings. The lowest BCUT2D eigenvalue weighted by atomic mass is 9.93. The summed E-state index contributed by atoms with van der Waals surface area (Å²) in [6.45, 7) is 1.58. The molecule has 172 valence electrons. The number of urea groups is 1. The van der Waals surface area contributed by atoms with Crippen LogP contribution in [-0.2, 0) is 6.61 Å². The highest BCUT2D eigenvalue weighted by Gasteiger charge is 2.47. The molecule has 1 unspecified atom stereocenters. The summed E-state index contributed by atoms with van der Waals surface area (Å²) in [5.41, 5.74) is 4.24. The van der Waals surface area contributed by atoms with Crippen LogP contribution in [0.25, 0.3) is 5.57 Å². The summed E-state index contributed by atoms with van der Waals surface area (Å²) in [7, 11) is 1.56. The number of halogens is 1. The first-order chi connectivity index (χ1) is 16.4. The van der Waals surface area contributed by atoms with Gasteiger partial charge in [-0.2, -0.15) is 5.12 Å². The van der Waals surface area contributed by atoms with Crippen LogP contribution in [0.4, 0.5) is 9.18 Å². The van der Waals surface area contributed by atoms with Gasteiger partial charge in [-0.15, -0.1) is 0 Å². The maximum Gasteiger partial charge on any atom is 0.347 e. The van der Waals surface area contributed by atoms with E-state index in [9.17, 15) is 14.3 Å². The van der Waals surface area contributed by atoms with Crippen molar-refractivity contribution in [3.8, 4) is 0 Å². The Hall–Kier alpha value is -4.15. The molecule has 2 aromatic heterocycles. The van der Waals surface area contributed by atoms with E-state index in [0.29, 0.717) is 39.8 Å². The van der Waals surface area contributed by atoms with Crippen LogP contribution in [0.3, 0.4) is 0 Å². The van der Waals surface area contributed by atoms with Gasteiger partial charge in [-0.25, -0.2) is 24.9 Å². The van der Waals surface area contributed by atoms with Crippen molar-refractivity contribution in [3.05, 3.63) is 101 Å². The van der Waals surface area contributed by atoms with Crippen molar-refractivity contribution < 1.29 is 14.3 Å². The van der Waals surface area contributed by atoms with E-state index in [4.69, 9.17) is 10.8 Å². The summed E-state index contributed by atoms with van der Waals surface area (Å²) >= 11 is 0. The lowest BCUT2D eigenvalue weighted by Gasteiger charge is -2.32. The van der Waals surface area contributed by atoms with Gasteiger partial charge in [-0.05, 0) is 36.8 Å². The van der Waals surface area contributed by atoms with Gasteiger partial charge in [0.15, 0.2) is 12.0 Å². The average Bonchev–Trinajstić information content (AvgIpc) is 3.08. The van der Waals surface area contributed by atoms with Crippen LogP contribution in [0.1, 0.15) is 34.4 Å². The molecule has 2 aliphatic heterocycles. The Morgan fingerprint density at radius 2 is 1.88 bits per heavy atom. The SMILES string of the molecule is Cc1cc(C2=C3N(C(=O)N(C)N3N)C(c3ccc(F)cn3)N=C2c2ccccc2)cc(CO)n1. The van der Waals surface area contributed by atoms with Crippen LogP contribution in [-0.4, -0.2) is 48.9 Å². The highest BCUT2D eigenvalue weighted by atomic mass is 19.1. The van der Waals surface area contributed by atoms with Gasteiger partial charge in [0.2, 0.25) is 0 Å². The first kappa shape index (κ1) is 21.7. The van der Waals surface area contributed by atoms with E-state index in [1.54, 1.807) is 13.1 Å². The highest BCUT2D eigenvalue weighted by Crippen LogP contribution is 2.42. The number of rotatable bonds is 4. The molecule has 5 rings (SSSR count). The van der Waals surface area contributed by atoms with Gasteiger partial charge in [0, 0.05) is 18.3 Å². The molecule has 1 atom stereocenters. The second kappa shape index (κ2) is 8.32. The van der Waals surface area contributed by atoms with Gasteiger partial charge in [-0.3, -0.25) is 15.0 Å². The molecule has 9 nitrogen and oxygen atoms in total. The Morgan fingerprint density at radius 3 is 2.56 bits per heavy atom. The number of benzene rings is 1. The number of carbonyl (C=O) groups excluding carboxylic acids is 1. The van der Waals surface area contributed by atoms with Gasteiger partial charge in [-0.1, -0.05) is 30.3 Å². The van der Waals surface area contributed by atoms with Crippen LogP contribution in [0.15, 0.2) is 71.6 Å². The van der Waals surface area contributed by atoms with Crippen LogP contribution < -0.4 is 5.84 Å². The molecule has 0 bridgehead atoms. The first-order valence-electron chi connectivity index (χ1n) is 10.6. The fourth-order valence-corrected chi connectivity index (χ4v) is 4.18. The standard InChI is InChI=1S/C24H22FN7O2/c1-14-10-16(11-18(13-33)28-14)20-21(15-6-4-3-5-7-15)29-22(19-9-8-17(25)12-27-19)31-23(20)32(26)30(2)24(31)34/h3-12,22,33H,13,26H2,1-2H3. The summed E-state index contributed by atoms with van der Waals surface area (Å²) < 4.78 is 13.6. The van der Waals surface area contributed by atoms with E-state index in [1.807, 2.05) is 43.3 Å². The van der Waals surface area contributed by atoms with Gasteiger partial charge in [0.05, 0.1) is 35.5 Å². The molecule has 0 spiro atoms. The number of carbonyl (C=O) groups is 1. The van der Waals surface area contributed by atoms with Crippen molar-refractivity contribution in [3.63, 3.8) is 0 Å². The van der Waals surface area contributed by atoms with E-state index >= 15 is 0 Å². The molecule has 10 heteroatoms. The van der Waals surface area contributed by atoms with Gasteiger partial charge in [0.25, 0.3) is 0 Å². The van der Waals surface area contributed by atoms with Crippen molar-refractivity contribution in [1.29, 1.82) is 0 Å². The highest BCUT2D eigenvalue weighted by molar-refractivity contribution is 6.33. The molecule has 3 aromatic rings. The van der Waals surface area contributed by atoms with E-state index < -0.39 is 18.0 Å². The predicted molar refractivity (Wildman–Crippen MR) is 123 cm³/mol. The Kier molecular flexibility index (Phi) is 5.31. The van der Waals surface area contributed by atoms with Crippen molar-refractivity contribution in [2.24, 2.45) is 10.8 Å². The molecule has 2 amide bonds. The van der Waals surface area contributed by atoms with E-state index in [0.717, 1.165) is 11.8 Å². The number of fused-ring (bicyclic) bond motifs is 1. The van der Waals surface area contributed by atoms with Crippen LogP contribution >= 0.6 is 0 Å². The quantitative estimate of drug-likeness (QED) is 0.581. The molecule has 0 aliphatic carbocycles. The summed E-state index contributed by atoms with van der Waals surface area (Å²) in [5, 5.41) is 12.3. The number of amides is 2. The lowest BCUT2D eigenvalue weighted by Crippen LogP contribution is -2.40. The number of aliphatic hydroxyl groups excluding tert-OH is 1. The van der Waals surface area contributed by atoms with E-state index in [-0.39, 0.29) is 6.61 Å². The molecule has 1 saturated heterocycles. The number of hydrazine groups is 2. The van der Waals surface area contributed by atoms with Crippen LogP contribution in [0.5, 0.6) is 0 Å². The number of hydrogen-bond donors (Lipinski definition) is 2. The van der Waals surface area contributed by atoms with E-state index in [2.05, 4.69) is 9.97 Å². The number of nitrogens with two attached hydrogens (primary N) is 1. The molecule has 34 heavy (non-hydrogen) atoms. The molecular weight excluding hydrogens is 437 g/mol. The summed E-state index contributed by atoms with van der Waals surface area (Å²) in [5.74, 6) is 6.31. The number of aliphatic imine (C=N–C) groups is 1. The first-order valence-corrected chi connectivity index (χ1v) is 10.6. The maximum absolute atomic E-state index is 13.6. The normalized spacial score (nSPS) is 17.9. The van der Waals surface area contributed by atoms with Gasteiger partial charge < -0.3 is 5.11 Å². The number of aliphatic hydroxyl groups is 1. The molecule has 4 heterocycles. The van der Waals surface area contributed by atoms with Crippen LogP contribution in [0, 0.1) is 12.7 Å². The Bertz CT molecular complexity index is 1320. The van der Waals surface area contributed by atoms with Crippen molar-refractivity contribution in [1.82, 2.24) is 25.0 Å². The Balaban J connectivity index is 1.82. The lowest BCUT2D eigenvalue weighted by molar-refractivity contribution is 0.106. The number of allylic oxidation sites excluding steroid dienone is 1. The summed E-state index contributed by atoms with van der Waals surface area (Å²) in [6.07, 6.45) is 0.231. The zero-order valence-electron chi connectivity index (χ0n) is 18.6. The van der Waals surface area contributed by atoms with Gasteiger partial charge in [0.1, 0.15) is 5.82 Å². The zero-order chi connectivity index (χ0) is 24.0. The third-order valence-corrected chi connectivity index (χ3v) is 5.73. The predicted octanol–water partition coefficient (Wildman–Crippen LogP) is 2.74. The third kappa shape index (κ3) is 3.49. The van der Waals surface area contributed by atoms with Crippen molar-refractivity contribution >= 4 is 17.3 Å².